The lowest BCUT2D eigenvalue weighted by Crippen LogP contribution is -2.08. The maximum Gasteiger partial charge on any atom is 0.204 e. The molecule has 17 heavy (non-hydrogen) atoms. The third kappa shape index (κ3) is 2.82. The van der Waals surface area contributed by atoms with E-state index in [2.05, 4.69) is 42.3 Å². The molecule has 1 heterocycles. The Kier molecular flexibility index (Phi) is 3.74. The molecule has 0 fully saturated rings. The number of aromatic nitrogens is 1. The van der Waals surface area contributed by atoms with Crippen LogP contribution in [0.25, 0.3) is 10.2 Å². The fourth-order valence-corrected chi connectivity index (χ4v) is 2.46. The number of para-hydroxylation sites is 1. The van der Waals surface area contributed by atoms with Crippen LogP contribution in [0.5, 0.6) is 0 Å². The Morgan fingerprint density at radius 1 is 1.41 bits per heavy atom. The second-order valence-electron chi connectivity index (χ2n) is 4.21. The number of hydrazone groups is 1. The van der Waals surface area contributed by atoms with E-state index in [1.807, 2.05) is 18.2 Å². The molecule has 0 saturated heterocycles. The highest BCUT2D eigenvalue weighted by Gasteiger charge is 2.04. The van der Waals surface area contributed by atoms with Crippen LogP contribution < -0.4 is 5.43 Å². The van der Waals surface area contributed by atoms with Gasteiger partial charge in [-0.05, 0) is 24.5 Å². The first-order valence-corrected chi connectivity index (χ1v) is 6.70. The van der Waals surface area contributed by atoms with E-state index in [1.54, 1.807) is 11.3 Å². The Bertz CT molecular complexity index is 495. The van der Waals surface area contributed by atoms with Crippen molar-refractivity contribution < 1.29 is 0 Å². The van der Waals surface area contributed by atoms with Gasteiger partial charge in [-0.3, -0.25) is 5.43 Å². The average molecular weight is 247 g/mol. The lowest BCUT2D eigenvalue weighted by atomic mass is 10.1. The fourth-order valence-electron chi connectivity index (χ4n) is 1.66. The van der Waals surface area contributed by atoms with Gasteiger partial charge in [0.25, 0.3) is 0 Å². The van der Waals surface area contributed by atoms with Crippen molar-refractivity contribution in [3.8, 4) is 0 Å². The number of rotatable bonds is 4. The predicted molar refractivity (Wildman–Crippen MR) is 75.8 cm³/mol. The van der Waals surface area contributed by atoms with Crippen LogP contribution in [0.3, 0.4) is 0 Å². The van der Waals surface area contributed by atoms with Crippen molar-refractivity contribution in [1.82, 2.24) is 4.98 Å². The smallest absolute Gasteiger partial charge is 0.204 e. The maximum atomic E-state index is 4.48. The van der Waals surface area contributed by atoms with Crippen molar-refractivity contribution >= 4 is 32.4 Å². The topological polar surface area (TPSA) is 37.3 Å². The van der Waals surface area contributed by atoms with Crippen molar-refractivity contribution in [1.29, 1.82) is 0 Å². The van der Waals surface area contributed by atoms with Crippen LogP contribution in [0.1, 0.15) is 27.2 Å². The lowest BCUT2D eigenvalue weighted by molar-refractivity contribution is 0.853. The van der Waals surface area contributed by atoms with Gasteiger partial charge in [-0.2, -0.15) is 5.10 Å². The third-order valence-corrected chi connectivity index (χ3v) is 3.56. The molecule has 1 aromatic carbocycles. The Morgan fingerprint density at radius 3 is 2.82 bits per heavy atom. The average Bonchev–Trinajstić information content (AvgIpc) is 2.71. The van der Waals surface area contributed by atoms with Gasteiger partial charge in [-0.15, -0.1) is 0 Å². The first-order valence-electron chi connectivity index (χ1n) is 5.88. The van der Waals surface area contributed by atoms with E-state index in [1.165, 1.54) is 10.4 Å². The van der Waals surface area contributed by atoms with Gasteiger partial charge < -0.3 is 0 Å². The molecule has 1 N–H and O–H groups in total. The van der Waals surface area contributed by atoms with Gasteiger partial charge in [0.15, 0.2) is 0 Å². The number of hydrogen-bond donors (Lipinski definition) is 1. The largest absolute Gasteiger partial charge is 0.253 e. The highest BCUT2D eigenvalue weighted by Crippen LogP contribution is 2.25. The Labute approximate surface area is 106 Å². The molecule has 90 valence electrons. The van der Waals surface area contributed by atoms with Crippen LogP contribution in [0, 0.1) is 5.92 Å². The number of nitrogens with one attached hydrogen (secondary N) is 1. The first-order chi connectivity index (χ1) is 8.20. The Hall–Kier alpha value is -1.42. The zero-order valence-electron chi connectivity index (χ0n) is 10.4. The molecule has 0 amide bonds. The first kappa shape index (κ1) is 12.0. The van der Waals surface area contributed by atoms with E-state index >= 15 is 0 Å². The molecular weight excluding hydrogens is 230 g/mol. The molecule has 4 heteroatoms. The van der Waals surface area contributed by atoms with E-state index in [0.29, 0.717) is 5.92 Å². The molecule has 0 aliphatic heterocycles. The number of benzene rings is 1. The Balaban J connectivity index is 2.18. The highest BCUT2D eigenvalue weighted by atomic mass is 32.1. The SMILES string of the molecule is CC/C(=N/Nc1nc2ccccc2s1)C(C)C. The van der Waals surface area contributed by atoms with Crippen LogP contribution in [0.4, 0.5) is 5.13 Å². The number of hydrogen-bond acceptors (Lipinski definition) is 4. The summed E-state index contributed by atoms with van der Waals surface area (Å²) in [6.45, 7) is 6.43. The second-order valence-corrected chi connectivity index (χ2v) is 5.24. The molecule has 1 aromatic heterocycles. The van der Waals surface area contributed by atoms with Crippen molar-refractivity contribution in [3.63, 3.8) is 0 Å². The molecule has 3 nitrogen and oxygen atoms in total. The summed E-state index contributed by atoms with van der Waals surface area (Å²) in [6, 6.07) is 8.12. The minimum atomic E-state index is 0.474. The summed E-state index contributed by atoms with van der Waals surface area (Å²) in [4.78, 5) is 4.48. The number of nitrogens with zero attached hydrogens (tertiary/aromatic N) is 2. The molecule has 2 aromatic rings. The van der Waals surface area contributed by atoms with E-state index in [9.17, 15) is 0 Å². The quantitative estimate of drug-likeness (QED) is 0.651. The normalized spacial score (nSPS) is 12.4. The zero-order valence-corrected chi connectivity index (χ0v) is 11.2. The lowest BCUT2D eigenvalue weighted by Gasteiger charge is -2.06. The van der Waals surface area contributed by atoms with Crippen molar-refractivity contribution in [3.05, 3.63) is 24.3 Å². The van der Waals surface area contributed by atoms with E-state index < -0.39 is 0 Å². The number of anilines is 1. The van der Waals surface area contributed by atoms with Gasteiger partial charge in [0.05, 0.1) is 10.2 Å². The van der Waals surface area contributed by atoms with Gasteiger partial charge in [-0.25, -0.2) is 4.98 Å². The number of thiazole rings is 1. The van der Waals surface area contributed by atoms with Gasteiger partial charge >= 0.3 is 0 Å². The molecule has 0 unspecified atom stereocenters. The standard InChI is InChI=1S/C13H17N3S/c1-4-10(9(2)3)15-16-13-14-11-7-5-6-8-12(11)17-13/h5-9H,4H2,1-3H3,(H,14,16)/b15-10-. The van der Waals surface area contributed by atoms with Crippen LogP contribution in [-0.2, 0) is 0 Å². The molecule has 0 aliphatic rings. The maximum absolute atomic E-state index is 4.48. The molecule has 0 saturated carbocycles. The van der Waals surface area contributed by atoms with E-state index in [-0.39, 0.29) is 0 Å². The second kappa shape index (κ2) is 5.27. The predicted octanol–water partition coefficient (Wildman–Crippen LogP) is 4.13. The minimum Gasteiger partial charge on any atom is -0.253 e. The molecule has 0 atom stereocenters. The van der Waals surface area contributed by atoms with E-state index in [4.69, 9.17) is 0 Å². The summed E-state index contributed by atoms with van der Waals surface area (Å²) in [5.74, 6) is 0.474. The van der Waals surface area contributed by atoms with Crippen LogP contribution >= 0.6 is 11.3 Å². The van der Waals surface area contributed by atoms with Gasteiger partial charge in [0.2, 0.25) is 5.13 Å². The summed E-state index contributed by atoms with van der Waals surface area (Å²) < 4.78 is 1.19. The highest BCUT2D eigenvalue weighted by molar-refractivity contribution is 7.22. The summed E-state index contributed by atoms with van der Waals surface area (Å²) in [7, 11) is 0. The molecule has 0 aliphatic carbocycles. The fraction of sp³-hybridized carbons (Fsp3) is 0.385. The van der Waals surface area contributed by atoms with Gasteiger partial charge in [0.1, 0.15) is 0 Å². The molecule has 0 radical (unpaired) electrons. The van der Waals surface area contributed by atoms with Gasteiger partial charge in [0, 0.05) is 5.71 Å². The van der Waals surface area contributed by atoms with Crippen molar-refractivity contribution in [2.75, 3.05) is 5.43 Å². The third-order valence-electron chi connectivity index (χ3n) is 2.62. The zero-order chi connectivity index (χ0) is 12.3. The van der Waals surface area contributed by atoms with Gasteiger partial charge in [-0.1, -0.05) is 44.2 Å². The monoisotopic (exact) mass is 247 g/mol. The van der Waals surface area contributed by atoms with Crippen molar-refractivity contribution in [2.24, 2.45) is 11.0 Å². The summed E-state index contributed by atoms with van der Waals surface area (Å²) in [5.41, 5.74) is 5.26. The van der Waals surface area contributed by atoms with Crippen LogP contribution in [0.2, 0.25) is 0 Å². The molecule has 0 spiro atoms. The summed E-state index contributed by atoms with van der Waals surface area (Å²) in [5, 5.41) is 5.28. The minimum absolute atomic E-state index is 0.474. The molecule has 2 rings (SSSR count). The summed E-state index contributed by atoms with van der Waals surface area (Å²) >= 11 is 1.63. The summed E-state index contributed by atoms with van der Waals surface area (Å²) in [6.07, 6.45) is 0.968. The number of fused-ring (bicyclic) bond motifs is 1. The van der Waals surface area contributed by atoms with Crippen LogP contribution in [0.15, 0.2) is 29.4 Å². The molecular formula is C13H17N3S. The van der Waals surface area contributed by atoms with Crippen LogP contribution in [-0.4, -0.2) is 10.7 Å². The van der Waals surface area contributed by atoms with E-state index in [0.717, 1.165) is 17.1 Å². The molecule has 0 bridgehead atoms. The van der Waals surface area contributed by atoms with Crippen molar-refractivity contribution in [2.45, 2.75) is 27.2 Å². The Morgan fingerprint density at radius 2 is 2.18 bits per heavy atom.